The first-order valence-corrected chi connectivity index (χ1v) is 16.0. The smallest absolute Gasteiger partial charge is 0.268 e. The zero-order valence-electron chi connectivity index (χ0n) is 23.9. The molecule has 2 heterocycles. The average Bonchev–Trinajstić information content (AvgIpc) is 3.04. The summed E-state index contributed by atoms with van der Waals surface area (Å²) in [6, 6.07) is 19.9. The third-order valence-corrected chi connectivity index (χ3v) is 8.84. The van der Waals surface area contributed by atoms with E-state index in [2.05, 4.69) is 32.1 Å². The normalized spacial score (nSPS) is 14.6. The van der Waals surface area contributed by atoms with Crippen LogP contribution in [0.2, 0.25) is 0 Å². The Morgan fingerprint density at radius 2 is 1.65 bits per heavy atom. The molecule has 224 valence electrons. The minimum atomic E-state index is -4.09. The van der Waals surface area contributed by atoms with Crippen LogP contribution in [0.1, 0.15) is 59.7 Å². The number of rotatable bonds is 12. The Bertz CT molecular complexity index is 1590. The van der Waals surface area contributed by atoms with Crippen LogP contribution in [0.3, 0.4) is 0 Å². The van der Waals surface area contributed by atoms with Gasteiger partial charge in [-0.05, 0) is 85.7 Å². The van der Waals surface area contributed by atoms with Crippen LogP contribution in [-0.4, -0.2) is 48.6 Å². The van der Waals surface area contributed by atoms with Gasteiger partial charge in [-0.15, -0.1) is 0 Å². The number of benzene rings is 2. The van der Waals surface area contributed by atoms with Crippen LogP contribution in [-0.2, 0) is 16.4 Å². The molecule has 2 aromatic heterocycles. The van der Waals surface area contributed by atoms with Crippen molar-refractivity contribution in [1.82, 2.24) is 20.0 Å². The van der Waals surface area contributed by atoms with Crippen LogP contribution < -0.4 is 14.8 Å². The van der Waals surface area contributed by atoms with E-state index >= 15 is 0 Å². The molecule has 1 aliphatic carbocycles. The molecule has 0 bridgehead atoms. The molecule has 1 aliphatic rings. The highest BCUT2D eigenvalue weighted by Crippen LogP contribution is 2.31. The third-order valence-electron chi connectivity index (χ3n) is 7.53. The van der Waals surface area contributed by atoms with Gasteiger partial charge in [-0.2, -0.15) is 0 Å². The number of ether oxygens (including phenoxy) is 1. The van der Waals surface area contributed by atoms with Gasteiger partial charge in [0.2, 0.25) is 0 Å². The molecular weight excluding hydrogens is 564 g/mol. The minimum absolute atomic E-state index is 0.0305. The molecule has 0 unspecified atom stereocenters. The van der Waals surface area contributed by atoms with Gasteiger partial charge < -0.3 is 15.2 Å². The maximum Gasteiger partial charge on any atom is 0.268 e. The Balaban J connectivity index is 1.27. The number of sulfonamides is 1. The van der Waals surface area contributed by atoms with E-state index in [9.17, 15) is 18.3 Å². The predicted molar refractivity (Wildman–Crippen MR) is 164 cm³/mol. The van der Waals surface area contributed by atoms with E-state index in [1.807, 2.05) is 30.3 Å². The first-order valence-electron chi connectivity index (χ1n) is 14.5. The van der Waals surface area contributed by atoms with Crippen LogP contribution in [0.4, 0.5) is 0 Å². The fraction of sp³-hybridized carbons (Fsp3) is 0.303. The molecule has 1 fully saturated rings. The lowest BCUT2D eigenvalue weighted by Gasteiger charge is -2.24. The van der Waals surface area contributed by atoms with Crippen molar-refractivity contribution < 1.29 is 23.1 Å². The van der Waals surface area contributed by atoms with E-state index in [-0.39, 0.29) is 16.6 Å². The Morgan fingerprint density at radius 1 is 0.930 bits per heavy atom. The summed E-state index contributed by atoms with van der Waals surface area (Å²) in [6.45, 7) is 1.15. The lowest BCUT2D eigenvalue weighted by atomic mass is 9.97. The van der Waals surface area contributed by atoms with Gasteiger partial charge in [-0.1, -0.05) is 42.8 Å². The first-order chi connectivity index (χ1) is 20.9. The van der Waals surface area contributed by atoms with E-state index in [0.717, 1.165) is 60.8 Å². The molecule has 3 N–H and O–H groups in total. The largest absolute Gasteiger partial charge is 0.490 e. The summed E-state index contributed by atoms with van der Waals surface area (Å²) in [5.74, 6) is -0.388. The third kappa shape index (κ3) is 8.25. The Labute approximate surface area is 252 Å². The summed E-state index contributed by atoms with van der Waals surface area (Å²) in [7, 11) is -4.09. The topological polar surface area (TPSA) is 131 Å². The molecule has 1 amide bonds. The number of aliphatic hydroxyl groups excluding tert-OH is 1. The minimum Gasteiger partial charge on any atom is -0.490 e. The van der Waals surface area contributed by atoms with Gasteiger partial charge >= 0.3 is 0 Å². The summed E-state index contributed by atoms with van der Waals surface area (Å²) >= 11 is 0. The monoisotopic (exact) mass is 600 g/mol. The number of hydrogen-bond acceptors (Lipinski definition) is 8. The van der Waals surface area contributed by atoms with Crippen molar-refractivity contribution >= 4 is 15.9 Å². The average molecular weight is 601 g/mol. The maximum atomic E-state index is 13.2. The second kappa shape index (κ2) is 14.4. The molecule has 1 saturated carbocycles. The number of carbonyl (C=O) groups is 1. The SMILES string of the molecule is O=C(NS(=O)(=O)c1cccnc1)c1ccc(-c2ccc(CCNC[C@@H](O)c3cccnc3)cc2)cc1OC1CCCCC1. The lowest BCUT2D eigenvalue weighted by Crippen LogP contribution is -2.31. The lowest BCUT2D eigenvalue weighted by molar-refractivity contribution is 0.0969. The highest BCUT2D eigenvalue weighted by molar-refractivity contribution is 7.90. The zero-order valence-corrected chi connectivity index (χ0v) is 24.7. The van der Waals surface area contributed by atoms with Crippen molar-refractivity contribution in [2.24, 2.45) is 0 Å². The summed E-state index contributed by atoms with van der Waals surface area (Å²) in [5.41, 5.74) is 3.90. The molecule has 43 heavy (non-hydrogen) atoms. The molecule has 9 nitrogen and oxygen atoms in total. The van der Waals surface area contributed by atoms with Gasteiger partial charge in [0.1, 0.15) is 10.6 Å². The Kier molecular flexibility index (Phi) is 10.1. The molecule has 10 heteroatoms. The molecular formula is C33H36N4O5S. The standard InChI is InChI=1S/C33H36N4O5S/c38-31(27-6-4-17-34-21-27)23-36-19-16-24-10-12-25(13-11-24)26-14-15-30(32(20-26)42-28-7-2-1-3-8-28)33(39)37-43(40,41)29-9-5-18-35-22-29/h4-6,9-15,17-18,20-22,28,31,36,38H,1-3,7-8,16,19,23H2,(H,37,39)/t31-/m1/s1. The second-order valence-corrected chi connectivity index (χ2v) is 12.3. The number of pyridine rings is 2. The van der Waals surface area contributed by atoms with Crippen molar-refractivity contribution in [2.75, 3.05) is 13.1 Å². The van der Waals surface area contributed by atoms with Gasteiger partial charge in [-0.3, -0.25) is 14.8 Å². The van der Waals surface area contributed by atoms with Crippen molar-refractivity contribution in [3.63, 3.8) is 0 Å². The van der Waals surface area contributed by atoms with Crippen molar-refractivity contribution in [3.05, 3.63) is 108 Å². The zero-order chi connectivity index (χ0) is 30.1. The van der Waals surface area contributed by atoms with E-state index in [1.165, 1.54) is 24.5 Å². The number of aromatic nitrogens is 2. The number of nitrogens with zero attached hydrogens (tertiary/aromatic N) is 2. The second-order valence-electron chi connectivity index (χ2n) is 10.7. The highest BCUT2D eigenvalue weighted by Gasteiger charge is 2.24. The summed E-state index contributed by atoms with van der Waals surface area (Å²) in [6.07, 6.45) is 11.2. The number of carbonyl (C=O) groups excluding carboxylic acids is 1. The number of amides is 1. The Hall–Kier alpha value is -4.12. The molecule has 0 radical (unpaired) electrons. The van der Waals surface area contributed by atoms with Crippen LogP contribution in [0.15, 0.2) is 96.4 Å². The number of hydrogen-bond donors (Lipinski definition) is 3. The number of nitrogens with one attached hydrogen (secondary N) is 2. The Morgan fingerprint density at radius 3 is 2.35 bits per heavy atom. The maximum absolute atomic E-state index is 13.2. The fourth-order valence-electron chi connectivity index (χ4n) is 5.12. The summed E-state index contributed by atoms with van der Waals surface area (Å²) in [5, 5.41) is 13.6. The first kappa shape index (κ1) is 30.3. The van der Waals surface area contributed by atoms with Gasteiger partial charge in [0, 0.05) is 36.9 Å². The summed E-state index contributed by atoms with van der Waals surface area (Å²) < 4.78 is 34.1. The molecule has 2 aromatic carbocycles. The van der Waals surface area contributed by atoms with Crippen LogP contribution in [0, 0.1) is 0 Å². The summed E-state index contributed by atoms with van der Waals surface area (Å²) in [4.78, 5) is 21.0. The van der Waals surface area contributed by atoms with Gasteiger partial charge in [-0.25, -0.2) is 13.1 Å². The van der Waals surface area contributed by atoms with E-state index in [1.54, 1.807) is 24.5 Å². The molecule has 0 aliphatic heterocycles. The van der Waals surface area contributed by atoms with Gasteiger partial charge in [0.05, 0.1) is 17.8 Å². The van der Waals surface area contributed by atoms with Crippen LogP contribution in [0.5, 0.6) is 5.75 Å². The molecule has 1 atom stereocenters. The van der Waals surface area contributed by atoms with Crippen LogP contribution in [0.25, 0.3) is 11.1 Å². The molecule has 5 rings (SSSR count). The predicted octanol–water partition coefficient (Wildman–Crippen LogP) is 4.84. The van der Waals surface area contributed by atoms with Gasteiger partial charge in [0.15, 0.2) is 0 Å². The number of aliphatic hydroxyl groups is 1. The molecule has 0 spiro atoms. The van der Waals surface area contributed by atoms with Crippen molar-refractivity contribution in [2.45, 2.75) is 55.6 Å². The van der Waals surface area contributed by atoms with E-state index in [0.29, 0.717) is 18.8 Å². The van der Waals surface area contributed by atoms with Crippen molar-refractivity contribution in [3.8, 4) is 16.9 Å². The molecule has 0 saturated heterocycles. The van der Waals surface area contributed by atoms with Crippen molar-refractivity contribution in [1.29, 1.82) is 0 Å². The van der Waals surface area contributed by atoms with E-state index in [4.69, 9.17) is 4.74 Å². The quantitative estimate of drug-likeness (QED) is 0.197. The fourth-order valence-corrected chi connectivity index (χ4v) is 6.05. The van der Waals surface area contributed by atoms with Gasteiger partial charge in [0.25, 0.3) is 15.9 Å². The van der Waals surface area contributed by atoms with Crippen LogP contribution >= 0.6 is 0 Å². The van der Waals surface area contributed by atoms with E-state index < -0.39 is 22.0 Å². The highest BCUT2D eigenvalue weighted by atomic mass is 32.2. The molecule has 4 aromatic rings.